The van der Waals surface area contributed by atoms with Crippen LogP contribution in [0.15, 0.2) is 72.8 Å². The molecule has 1 aliphatic heterocycles. The maximum Gasteiger partial charge on any atom is 0.332 e. The van der Waals surface area contributed by atoms with E-state index >= 15 is 0 Å². The number of methoxy groups -OCH3 is 1. The molecule has 1 fully saturated rings. The highest BCUT2D eigenvalue weighted by molar-refractivity contribution is 6.22. The van der Waals surface area contributed by atoms with E-state index in [1.807, 2.05) is 6.92 Å². The van der Waals surface area contributed by atoms with Gasteiger partial charge in [-0.2, -0.15) is 0 Å². The lowest BCUT2D eigenvalue weighted by Gasteiger charge is -2.21. The van der Waals surface area contributed by atoms with E-state index in [4.69, 9.17) is 9.47 Å². The van der Waals surface area contributed by atoms with Crippen molar-refractivity contribution in [1.82, 2.24) is 4.90 Å². The molecule has 8 nitrogen and oxygen atoms in total. The van der Waals surface area contributed by atoms with E-state index in [1.165, 1.54) is 24.1 Å². The number of urea groups is 1. The van der Waals surface area contributed by atoms with Crippen molar-refractivity contribution in [2.75, 3.05) is 23.9 Å². The van der Waals surface area contributed by atoms with E-state index in [9.17, 15) is 18.8 Å². The van der Waals surface area contributed by atoms with E-state index in [1.54, 1.807) is 60.7 Å². The fourth-order valence-corrected chi connectivity index (χ4v) is 3.98. The van der Waals surface area contributed by atoms with Crippen molar-refractivity contribution in [1.29, 1.82) is 0 Å². The van der Waals surface area contributed by atoms with Gasteiger partial charge in [0.15, 0.2) is 0 Å². The van der Waals surface area contributed by atoms with E-state index in [-0.39, 0.29) is 13.0 Å². The Bertz CT molecular complexity index is 1250. The predicted octanol–water partition coefficient (Wildman–Crippen LogP) is 4.60. The van der Waals surface area contributed by atoms with Gasteiger partial charge in [0.1, 0.15) is 23.4 Å². The fraction of sp³-hybridized carbons (Fsp3) is 0.222. The molecule has 0 bridgehead atoms. The Morgan fingerprint density at radius 3 is 2.39 bits per heavy atom. The van der Waals surface area contributed by atoms with Gasteiger partial charge in [0.05, 0.1) is 25.8 Å². The van der Waals surface area contributed by atoms with Gasteiger partial charge in [-0.05, 0) is 61.0 Å². The molecule has 0 radical (unpaired) electrons. The Balaban J connectivity index is 1.57. The van der Waals surface area contributed by atoms with Crippen LogP contribution in [0.1, 0.15) is 18.9 Å². The minimum Gasteiger partial charge on any atom is -0.497 e. The van der Waals surface area contributed by atoms with Crippen molar-refractivity contribution in [3.63, 3.8) is 0 Å². The number of hydrogen-bond acceptors (Lipinski definition) is 5. The third-order valence-corrected chi connectivity index (χ3v) is 5.72. The van der Waals surface area contributed by atoms with Crippen molar-refractivity contribution in [3.8, 4) is 11.5 Å². The number of carbonyl (C=O) groups is 3. The van der Waals surface area contributed by atoms with Crippen LogP contribution in [0.2, 0.25) is 0 Å². The molecule has 1 atom stereocenters. The standard InChI is InChI=1S/C27H26FN3O5/c1-3-36-22-13-11-20(12-14-22)29-25(32)16-24-26(33)31(21-5-4-6-23(15-21)35-2)27(34)30(24)17-18-7-9-19(28)10-8-18/h4-15,24H,3,16-17H2,1-2H3,(H,29,32). The van der Waals surface area contributed by atoms with Gasteiger partial charge in [-0.3, -0.25) is 9.59 Å². The number of nitrogens with one attached hydrogen (secondary N) is 1. The number of rotatable bonds is 9. The molecule has 0 aliphatic carbocycles. The van der Waals surface area contributed by atoms with Crippen LogP contribution in [0.3, 0.4) is 0 Å². The molecule has 186 valence electrons. The number of benzene rings is 3. The molecular formula is C27H26FN3O5. The molecule has 9 heteroatoms. The van der Waals surface area contributed by atoms with Crippen molar-refractivity contribution in [2.24, 2.45) is 0 Å². The third-order valence-electron chi connectivity index (χ3n) is 5.72. The number of hydrogen-bond donors (Lipinski definition) is 1. The SMILES string of the molecule is CCOc1ccc(NC(=O)CC2C(=O)N(c3cccc(OC)c3)C(=O)N2Cc2ccc(F)cc2)cc1. The monoisotopic (exact) mass is 491 g/mol. The molecule has 0 spiro atoms. The molecule has 36 heavy (non-hydrogen) atoms. The van der Waals surface area contributed by atoms with Crippen molar-refractivity contribution < 1.29 is 28.2 Å². The molecule has 1 N–H and O–H groups in total. The van der Waals surface area contributed by atoms with Crippen molar-refractivity contribution >= 4 is 29.2 Å². The highest BCUT2D eigenvalue weighted by atomic mass is 19.1. The molecule has 4 rings (SSSR count). The summed E-state index contributed by atoms with van der Waals surface area (Å²) in [5.41, 5.74) is 1.50. The molecule has 0 saturated carbocycles. The van der Waals surface area contributed by atoms with Crippen LogP contribution < -0.4 is 19.7 Å². The minimum atomic E-state index is -1.04. The Morgan fingerprint density at radius 1 is 1.00 bits per heavy atom. The maximum absolute atomic E-state index is 13.4. The normalized spacial score (nSPS) is 15.2. The first-order valence-electron chi connectivity index (χ1n) is 11.5. The average molecular weight is 492 g/mol. The van der Waals surface area contributed by atoms with Gasteiger partial charge in [0.2, 0.25) is 5.91 Å². The predicted molar refractivity (Wildman–Crippen MR) is 132 cm³/mol. The maximum atomic E-state index is 13.4. The second-order valence-corrected chi connectivity index (χ2v) is 8.14. The van der Waals surface area contributed by atoms with E-state index in [0.717, 1.165) is 4.90 Å². The first-order valence-corrected chi connectivity index (χ1v) is 11.5. The zero-order chi connectivity index (χ0) is 25.7. The lowest BCUT2D eigenvalue weighted by atomic mass is 10.1. The molecule has 3 aromatic rings. The summed E-state index contributed by atoms with van der Waals surface area (Å²) in [4.78, 5) is 42.1. The number of nitrogens with zero attached hydrogens (tertiary/aromatic N) is 2. The molecule has 4 amide bonds. The zero-order valence-corrected chi connectivity index (χ0v) is 19.9. The van der Waals surface area contributed by atoms with Crippen molar-refractivity contribution in [3.05, 3.63) is 84.2 Å². The molecule has 1 saturated heterocycles. The quantitative estimate of drug-likeness (QED) is 0.442. The molecule has 1 aliphatic rings. The van der Waals surface area contributed by atoms with Gasteiger partial charge in [-0.15, -0.1) is 0 Å². The first-order chi connectivity index (χ1) is 17.4. The van der Waals surface area contributed by atoms with Crippen LogP contribution in [0.5, 0.6) is 11.5 Å². The Morgan fingerprint density at radius 2 is 1.72 bits per heavy atom. The Hall–Kier alpha value is -4.40. The van der Waals surface area contributed by atoms with Gasteiger partial charge in [-0.1, -0.05) is 18.2 Å². The Kier molecular flexibility index (Phi) is 7.48. The van der Waals surface area contributed by atoms with Gasteiger partial charge in [0, 0.05) is 18.3 Å². The largest absolute Gasteiger partial charge is 0.497 e. The second-order valence-electron chi connectivity index (χ2n) is 8.14. The number of amides is 4. The summed E-state index contributed by atoms with van der Waals surface area (Å²) in [5.74, 6) is -0.215. The molecule has 1 heterocycles. The highest BCUT2D eigenvalue weighted by Gasteiger charge is 2.46. The number of imide groups is 1. The summed E-state index contributed by atoms with van der Waals surface area (Å²) in [7, 11) is 1.49. The first kappa shape index (κ1) is 24.7. The van der Waals surface area contributed by atoms with Gasteiger partial charge in [-0.25, -0.2) is 14.1 Å². The molecule has 0 aromatic heterocycles. The summed E-state index contributed by atoms with van der Waals surface area (Å²) in [6.07, 6.45) is -0.251. The van der Waals surface area contributed by atoms with E-state index in [2.05, 4.69) is 5.32 Å². The van der Waals surface area contributed by atoms with E-state index < -0.39 is 29.7 Å². The van der Waals surface area contributed by atoms with Crippen LogP contribution in [-0.4, -0.2) is 42.5 Å². The van der Waals surface area contributed by atoms with Gasteiger partial charge >= 0.3 is 6.03 Å². The summed E-state index contributed by atoms with van der Waals surface area (Å²) in [6.45, 7) is 2.44. The smallest absolute Gasteiger partial charge is 0.332 e. The molecular weight excluding hydrogens is 465 g/mol. The lowest BCUT2D eigenvalue weighted by Crippen LogP contribution is -2.37. The topological polar surface area (TPSA) is 88.2 Å². The van der Waals surface area contributed by atoms with Crippen LogP contribution in [0, 0.1) is 5.82 Å². The third kappa shape index (κ3) is 5.46. The Labute approximate surface area is 208 Å². The summed E-state index contributed by atoms with van der Waals surface area (Å²) in [6, 6.07) is 17.5. The molecule has 3 aromatic carbocycles. The number of carbonyl (C=O) groups excluding carboxylic acids is 3. The second kappa shape index (κ2) is 10.9. The van der Waals surface area contributed by atoms with Crippen molar-refractivity contribution in [2.45, 2.75) is 25.9 Å². The van der Waals surface area contributed by atoms with Crippen LogP contribution in [0.4, 0.5) is 20.6 Å². The zero-order valence-electron chi connectivity index (χ0n) is 19.9. The summed E-state index contributed by atoms with van der Waals surface area (Å²) >= 11 is 0. The molecule has 1 unspecified atom stereocenters. The lowest BCUT2D eigenvalue weighted by molar-refractivity contribution is -0.124. The highest BCUT2D eigenvalue weighted by Crippen LogP contribution is 2.30. The number of halogens is 1. The fourth-order valence-electron chi connectivity index (χ4n) is 3.98. The van der Waals surface area contributed by atoms with Gasteiger partial charge in [0.25, 0.3) is 5.91 Å². The van der Waals surface area contributed by atoms with Gasteiger partial charge < -0.3 is 19.7 Å². The minimum absolute atomic E-state index is 0.0340. The average Bonchev–Trinajstić information content (AvgIpc) is 3.10. The number of anilines is 2. The summed E-state index contributed by atoms with van der Waals surface area (Å²) < 4.78 is 24.0. The van der Waals surface area contributed by atoms with Crippen LogP contribution in [0.25, 0.3) is 0 Å². The van der Waals surface area contributed by atoms with E-state index in [0.29, 0.717) is 35.0 Å². The van der Waals surface area contributed by atoms with Crippen LogP contribution >= 0.6 is 0 Å². The number of ether oxygens (including phenoxy) is 2. The van der Waals surface area contributed by atoms with Crippen LogP contribution in [-0.2, 0) is 16.1 Å². The summed E-state index contributed by atoms with van der Waals surface area (Å²) in [5, 5.41) is 2.77.